The average Bonchev–Trinajstić information content (AvgIpc) is 3.27. The highest BCUT2D eigenvalue weighted by Crippen LogP contribution is 2.70. The number of aliphatic hydroxyl groups excluding tert-OH is 1. The van der Waals surface area contributed by atoms with E-state index in [2.05, 4.69) is 46.2 Å². The zero-order valence-corrected chi connectivity index (χ0v) is 23.7. The average molecular weight is 518 g/mol. The van der Waals surface area contributed by atoms with E-state index in [1.165, 1.54) is 12.8 Å². The van der Waals surface area contributed by atoms with E-state index in [9.17, 15) is 19.8 Å². The molecule has 2 saturated heterocycles. The molecule has 5 rings (SSSR count). The van der Waals surface area contributed by atoms with Crippen molar-refractivity contribution in [1.29, 1.82) is 0 Å². The molecule has 36 heavy (non-hydrogen) atoms. The minimum Gasteiger partial charge on any atom is -0.480 e. The van der Waals surface area contributed by atoms with Crippen molar-refractivity contribution in [2.75, 3.05) is 7.05 Å². The van der Waals surface area contributed by atoms with Crippen LogP contribution in [0.2, 0.25) is 0 Å². The lowest BCUT2D eigenvalue weighted by Crippen LogP contribution is -2.62. The fourth-order valence-electron chi connectivity index (χ4n) is 9.92. The summed E-state index contributed by atoms with van der Waals surface area (Å²) in [6.07, 6.45) is 9.65. The van der Waals surface area contributed by atoms with Crippen molar-refractivity contribution < 1.29 is 19.8 Å². The van der Waals surface area contributed by atoms with E-state index in [0.29, 0.717) is 36.0 Å². The molecule has 0 spiro atoms. The van der Waals surface area contributed by atoms with Gasteiger partial charge in [-0.05, 0) is 87.0 Å². The molecule has 4 bridgehead atoms. The van der Waals surface area contributed by atoms with Crippen molar-refractivity contribution in [3.05, 3.63) is 12.7 Å². The summed E-state index contributed by atoms with van der Waals surface area (Å²) in [4.78, 5) is 29.4. The first-order valence-electron chi connectivity index (χ1n) is 14.3. The normalized spacial score (nSPS) is 51.8. The van der Waals surface area contributed by atoms with Crippen LogP contribution in [0.5, 0.6) is 0 Å². The Hall–Kier alpha value is -0.850. The maximum atomic E-state index is 13.7. The van der Waals surface area contributed by atoms with Gasteiger partial charge in [-0.3, -0.25) is 9.59 Å². The van der Waals surface area contributed by atoms with Gasteiger partial charge in [0.05, 0.1) is 6.10 Å². The van der Waals surface area contributed by atoms with Crippen LogP contribution in [0.4, 0.5) is 0 Å². The van der Waals surface area contributed by atoms with Gasteiger partial charge in [0.25, 0.3) is 0 Å². The molecule has 3 saturated carbocycles. The van der Waals surface area contributed by atoms with Gasteiger partial charge in [0, 0.05) is 35.1 Å². The number of fused-ring (bicyclic) bond motifs is 2. The van der Waals surface area contributed by atoms with Gasteiger partial charge < -0.3 is 15.1 Å². The van der Waals surface area contributed by atoms with Gasteiger partial charge >= 0.3 is 5.97 Å². The minimum atomic E-state index is -0.749. The summed E-state index contributed by atoms with van der Waals surface area (Å²) in [6.45, 7) is 12.9. The molecule has 202 valence electrons. The van der Waals surface area contributed by atoms with Crippen LogP contribution in [-0.2, 0) is 9.59 Å². The second kappa shape index (κ2) is 9.12. The maximum absolute atomic E-state index is 13.7. The van der Waals surface area contributed by atoms with Crippen LogP contribution < -0.4 is 0 Å². The van der Waals surface area contributed by atoms with Crippen molar-refractivity contribution in [1.82, 2.24) is 4.90 Å². The fourth-order valence-corrected chi connectivity index (χ4v) is 11.7. The van der Waals surface area contributed by atoms with Crippen LogP contribution >= 0.6 is 11.8 Å². The van der Waals surface area contributed by atoms with Crippen LogP contribution in [0, 0.1) is 39.9 Å². The second-order valence-electron chi connectivity index (χ2n) is 13.7. The highest BCUT2D eigenvalue weighted by molar-refractivity contribution is 8.01. The molecule has 0 radical (unpaired) electrons. The molecule has 0 aromatic heterocycles. The van der Waals surface area contributed by atoms with E-state index < -0.39 is 28.2 Å². The Morgan fingerprint density at radius 1 is 1.17 bits per heavy atom. The van der Waals surface area contributed by atoms with Gasteiger partial charge in [0.2, 0.25) is 0 Å². The zero-order valence-electron chi connectivity index (χ0n) is 22.9. The molecule has 6 heteroatoms. The predicted octanol–water partition coefficient (Wildman–Crippen LogP) is 5.41. The molecule has 0 aromatic carbocycles. The van der Waals surface area contributed by atoms with Gasteiger partial charge in [0.15, 0.2) is 0 Å². The molecule has 2 unspecified atom stereocenters. The SMILES string of the molecule is C=C[C@]1(C)C[C@@H](C(SC2C[C@H]3CC[C@@H](C2)N3C)C(=O)O)[C@]2(C)[C@H](C)CC[C@]3(CCC(=O)[C@H]32)[C@@H](C)[C@@H]1O. The number of nitrogens with zero attached hydrogens (tertiary/aromatic N) is 1. The Labute approximate surface area is 221 Å². The molecule has 5 nitrogen and oxygen atoms in total. The molecule has 2 heterocycles. The van der Waals surface area contributed by atoms with Crippen molar-refractivity contribution in [2.24, 2.45) is 39.9 Å². The van der Waals surface area contributed by atoms with Crippen LogP contribution in [0.25, 0.3) is 0 Å². The van der Waals surface area contributed by atoms with Gasteiger partial charge in [-0.15, -0.1) is 18.3 Å². The quantitative estimate of drug-likeness (QED) is 0.475. The van der Waals surface area contributed by atoms with Crippen LogP contribution in [0.3, 0.4) is 0 Å². The third-order valence-electron chi connectivity index (χ3n) is 12.4. The molecular weight excluding hydrogens is 470 g/mol. The largest absolute Gasteiger partial charge is 0.480 e. The fraction of sp³-hybridized carbons (Fsp3) is 0.867. The lowest BCUT2D eigenvalue weighted by molar-refractivity contribution is -0.178. The van der Waals surface area contributed by atoms with Crippen LogP contribution in [-0.4, -0.2) is 62.6 Å². The first kappa shape index (κ1) is 26.7. The summed E-state index contributed by atoms with van der Waals surface area (Å²) >= 11 is 1.68. The van der Waals surface area contributed by atoms with Gasteiger partial charge in [-0.25, -0.2) is 0 Å². The number of carboxylic acids is 1. The predicted molar refractivity (Wildman–Crippen MR) is 145 cm³/mol. The molecule has 12 atom stereocenters. The Kier molecular flexibility index (Phi) is 6.77. The number of aliphatic carboxylic acids is 1. The monoisotopic (exact) mass is 517 g/mol. The Bertz CT molecular complexity index is 911. The van der Waals surface area contributed by atoms with E-state index in [-0.39, 0.29) is 29.1 Å². The molecule has 0 aromatic rings. The summed E-state index contributed by atoms with van der Waals surface area (Å²) in [7, 11) is 2.22. The number of rotatable bonds is 5. The molecule has 2 N–H and O–H groups in total. The highest BCUT2D eigenvalue weighted by Gasteiger charge is 2.68. The Balaban J connectivity index is 1.59. The molecule has 5 fully saturated rings. The number of ketones is 1. The lowest BCUT2D eigenvalue weighted by Gasteiger charge is -2.63. The summed E-state index contributed by atoms with van der Waals surface area (Å²) in [5, 5.41) is 22.3. The topological polar surface area (TPSA) is 77.8 Å². The molecule has 0 amide bonds. The zero-order chi connectivity index (χ0) is 26.2. The smallest absolute Gasteiger partial charge is 0.316 e. The van der Waals surface area contributed by atoms with Gasteiger partial charge in [-0.1, -0.05) is 33.8 Å². The van der Waals surface area contributed by atoms with E-state index in [1.807, 2.05) is 6.08 Å². The first-order chi connectivity index (χ1) is 16.9. The number of thioether (sulfide) groups is 1. The van der Waals surface area contributed by atoms with E-state index in [4.69, 9.17) is 0 Å². The number of carboxylic acid groups (broad SMARTS) is 1. The maximum Gasteiger partial charge on any atom is 0.316 e. The van der Waals surface area contributed by atoms with E-state index >= 15 is 0 Å². The third-order valence-corrected chi connectivity index (χ3v) is 14.0. The summed E-state index contributed by atoms with van der Waals surface area (Å²) in [6, 6.07) is 1.12. The van der Waals surface area contributed by atoms with Crippen LogP contribution in [0.15, 0.2) is 12.7 Å². The molecule has 2 aliphatic heterocycles. The minimum absolute atomic E-state index is 0.0230. The summed E-state index contributed by atoms with van der Waals surface area (Å²) in [5.74, 6) is -0.582. The van der Waals surface area contributed by atoms with Gasteiger partial charge in [0.1, 0.15) is 11.0 Å². The standard InChI is InChI=1S/C30H47NO4S/c1-7-28(4)16-22(24(27(34)35)36-21-14-19-8-9-20(15-21)31(19)6)29(5)17(2)10-12-30(18(3)26(28)33)13-11-23(32)25(29)30/h7,17-22,24-26,33H,1,8-16H2,2-6H3,(H,34,35)/t17-,18+,19-,20+,21?,22+,24?,25+,26+,28-,29+,30+/m1/s1. The van der Waals surface area contributed by atoms with Gasteiger partial charge in [-0.2, -0.15) is 0 Å². The summed E-state index contributed by atoms with van der Waals surface area (Å²) < 4.78 is 0. The molecule has 3 aliphatic carbocycles. The van der Waals surface area contributed by atoms with Crippen molar-refractivity contribution >= 4 is 23.5 Å². The van der Waals surface area contributed by atoms with E-state index in [1.54, 1.807) is 11.8 Å². The van der Waals surface area contributed by atoms with E-state index in [0.717, 1.165) is 32.1 Å². The number of carbonyl (C=O) groups excluding carboxylic acids is 1. The third kappa shape index (κ3) is 3.71. The number of hydrogen-bond acceptors (Lipinski definition) is 5. The summed E-state index contributed by atoms with van der Waals surface area (Å²) in [5.41, 5.74) is -1.25. The van der Waals surface area contributed by atoms with Crippen molar-refractivity contribution in [3.63, 3.8) is 0 Å². The number of Topliss-reactive ketones (excluding diaryl/α,β-unsaturated/α-hetero) is 1. The van der Waals surface area contributed by atoms with Crippen LogP contribution in [0.1, 0.15) is 85.5 Å². The first-order valence-corrected chi connectivity index (χ1v) is 15.3. The number of hydrogen-bond donors (Lipinski definition) is 2. The highest BCUT2D eigenvalue weighted by atomic mass is 32.2. The second-order valence-corrected chi connectivity index (χ2v) is 15.2. The number of carbonyl (C=O) groups is 2. The lowest BCUT2D eigenvalue weighted by atomic mass is 9.41. The number of piperidine rings is 1. The Morgan fingerprint density at radius 2 is 1.81 bits per heavy atom. The van der Waals surface area contributed by atoms with Crippen molar-refractivity contribution in [2.45, 2.75) is 114 Å². The molecular formula is C30H47NO4S. The number of aliphatic hydroxyl groups is 1. The Morgan fingerprint density at radius 3 is 2.39 bits per heavy atom. The van der Waals surface area contributed by atoms with Crippen molar-refractivity contribution in [3.8, 4) is 0 Å². The molecule has 5 aliphatic rings.